The standard InChI is InChI=1S/C7H14N2O4/c8-4(6(10)11)2-1-3-5(9)7(12)13/h4-5H,1-3,8-9H2,(H,10,11)(H,12,13)/i8+1,9+1. The van der Waals surface area contributed by atoms with Crippen LogP contribution in [0.4, 0.5) is 0 Å². The predicted molar refractivity (Wildman–Crippen MR) is 45.1 cm³/mol. The predicted octanol–water partition coefficient (Wildman–Crippen LogP) is -1.02. The number of rotatable bonds is 6. The van der Waals surface area contributed by atoms with Crippen molar-refractivity contribution in [2.45, 2.75) is 31.3 Å². The summed E-state index contributed by atoms with van der Waals surface area (Å²) in [5.74, 6) is -2.16. The van der Waals surface area contributed by atoms with Crippen LogP contribution in [-0.4, -0.2) is 34.2 Å². The molecule has 0 amide bonds. The largest absolute Gasteiger partial charge is 0.480 e. The molecule has 0 aliphatic heterocycles. The summed E-state index contributed by atoms with van der Waals surface area (Å²) in [7, 11) is 0. The maximum atomic E-state index is 10.2. The first-order valence-electron chi connectivity index (χ1n) is 3.92. The highest BCUT2D eigenvalue weighted by Crippen LogP contribution is 2.01. The van der Waals surface area contributed by atoms with Crippen LogP contribution in [0.25, 0.3) is 0 Å². The van der Waals surface area contributed by atoms with Gasteiger partial charge in [-0.25, -0.2) is 0 Å². The maximum absolute atomic E-state index is 10.2. The molecule has 6 heteroatoms. The zero-order chi connectivity index (χ0) is 10.4. The first kappa shape index (κ1) is 11.9. The first-order valence-corrected chi connectivity index (χ1v) is 3.92. The van der Waals surface area contributed by atoms with Crippen LogP contribution < -0.4 is 11.5 Å². The smallest absolute Gasteiger partial charge is 0.320 e. The maximum Gasteiger partial charge on any atom is 0.320 e. The lowest BCUT2D eigenvalue weighted by Crippen LogP contribution is -2.33. The number of nitrogens with two attached hydrogens (primary N) is 2. The van der Waals surface area contributed by atoms with E-state index in [9.17, 15) is 9.59 Å². The van der Waals surface area contributed by atoms with E-state index in [-0.39, 0.29) is 12.8 Å². The lowest BCUT2D eigenvalue weighted by atomic mass is 10.1. The van der Waals surface area contributed by atoms with E-state index in [1.807, 2.05) is 0 Å². The number of hydrogen-bond acceptors (Lipinski definition) is 4. The van der Waals surface area contributed by atoms with Crippen LogP contribution in [0.1, 0.15) is 19.3 Å². The normalized spacial score (nSPS) is 14.9. The fraction of sp³-hybridized carbons (Fsp3) is 0.714. The summed E-state index contributed by atoms with van der Waals surface area (Å²) in [6.07, 6.45) is 0.896. The fourth-order valence-corrected chi connectivity index (χ4v) is 0.805. The van der Waals surface area contributed by atoms with Crippen LogP contribution in [0.15, 0.2) is 0 Å². The molecule has 0 spiro atoms. The molecule has 0 rings (SSSR count). The van der Waals surface area contributed by atoms with Gasteiger partial charge in [0.15, 0.2) is 0 Å². The Balaban J connectivity index is 3.56. The molecule has 0 aliphatic rings. The van der Waals surface area contributed by atoms with E-state index in [2.05, 4.69) is 0 Å². The van der Waals surface area contributed by atoms with E-state index in [1.165, 1.54) is 0 Å². The van der Waals surface area contributed by atoms with Gasteiger partial charge in [-0.2, -0.15) is 0 Å². The molecule has 0 aromatic rings. The minimum Gasteiger partial charge on any atom is -0.480 e. The summed E-state index contributed by atoms with van der Waals surface area (Å²) >= 11 is 0. The topological polar surface area (TPSA) is 127 Å². The molecule has 6 N–H and O–H groups in total. The summed E-state index contributed by atoms with van der Waals surface area (Å²) in [4.78, 5) is 20.5. The third kappa shape index (κ3) is 5.15. The van der Waals surface area contributed by atoms with Gasteiger partial charge in [-0.3, -0.25) is 9.59 Å². The van der Waals surface area contributed by atoms with Crippen LogP contribution in [0, 0.1) is 0 Å². The van der Waals surface area contributed by atoms with Crippen molar-refractivity contribution < 1.29 is 19.8 Å². The number of aliphatic carboxylic acids is 2. The molecule has 76 valence electrons. The zero-order valence-electron chi connectivity index (χ0n) is 7.14. The molecule has 0 saturated heterocycles. The van der Waals surface area contributed by atoms with Crippen LogP contribution in [-0.2, 0) is 9.59 Å². The van der Waals surface area contributed by atoms with Gasteiger partial charge in [0.1, 0.15) is 12.1 Å². The van der Waals surface area contributed by atoms with Crippen LogP contribution in [0.2, 0.25) is 0 Å². The number of carbonyl (C=O) groups is 2. The van der Waals surface area contributed by atoms with Crippen molar-refractivity contribution in [1.29, 1.82) is 0 Å². The van der Waals surface area contributed by atoms with Crippen molar-refractivity contribution in [2.24, 2.45) is 11.5 Å². The average Bonchev–Trinajstić information content (AvgIpc) is 2.03. The number of hydrogen-bond donors (Lipinski definition) is 4. The molecule has 13 heavy (non-hydrogen) atoms. The van der Waals surface area contributed by atoms with Gasteiger partial charge in [-0.15, -0.1) is 0 Å². The van der Waals surface area contributed by atoms with E-state index in [0.29, 0.717) is 6.42 Å². The molecule has 0 aliphatic carbocycles. The molecule has 0 aromatic heterocycles. The van der Waals surface area contributed by atoms with Crippen molar-refractivity contribution in [1.82, 2.24) is 0 Å². The monoisotopic (exact) mass is 192 g/mol. The summed E-state index contributed by atoms with van der Waals surface area (Å²) in [6, 6.07) is -1.86. The minimum absolute atomic E-state index is 0.246. The van der Waals surface area contributed by atoms with Crippen molar-refractivity contribution in [3.63, 3.8) is 0 Å². The van der Waals surface area contributed by atoms with Gasteiger partial charge >= 0.3 is 11.9 Å². The Hall–Kier alpha value is -1.14. The SMILES string of the molecule is [15NH2]C(CCCC([15NH2])C(=O)O)C(=O)O. The Morgan fingerprint density at radius 3 is 1.54 bits per heavy atom. The molecule has 0 aromatic carbocycles. The lowest BCUT2D eigenvalue weighted by molar-refractivity contribution is -0.139. The van der Waals surface area contributed by atoms with Crippen LogP contribution in [0.5, 0.6) is 0 Å². The summed E-state index contributed by atoms with van der Waals surface area (Å²) in [5.41, 5.74) is 10.4. The van der Waals surface area contributed by atoms with Crippen LogP contribution in [0.3, 0.4) is 0 Å². The molecule has 0 heterocycles. The second-order valence-corrected chi connectivity index (χ2v) is 2.82. The molecule has 0 radical (unpaired) electrons. The molecule has 2 atom stereocenters. The quantitative estimate of drug-likeness (QED) is 0.399. The Morgan fingerprint density at radius 1 is 1.00 bits per heavy atom. The van der Waals surface area contributed by atoms with Gasteiger partial charge in [0.25, 0.3) is 0 Å². The molecular formula is C7H14N2O4. The molecule has 6 nitrogen and oxygen atoms in total. The molecular weight excluding hydrogens is 178 g/mol. The lowest BCUT2D eigenvalue weighted by Gasteiger charge is -2.07. The summed E-state index contributed by atoms with van der Waals surface area (Å²) < 4.78 is 0. The molecule has 0 saturated carbocycles. The average molecular weight is 192 g/mol. The molecule has 2 unspecified atom stereocenters. The number of carboxylic acids is 2. The van der Waals surface area contributed by atoms with E-state index in [0.717, 1.165) is 0 Å². The van der Waals surface area contributed by atoms with E-state index in [4.69, 9.17) is 21.7 Å². The third-order valence-corrected chi connectivity index (χ3v) is 1.66. The fourth-order valence-electron chi connectivity index (χ4n) is 0.805. The van der Waals surface area contributed by atoms with Gasteiger partial charge in [0.05, 0.1) is 0 Å². The second kappa shape index (κ2) is 5.50. The van der Waals surface area contributed by atoms with Crippen LogP contribution >= 0.6 is 0 Å². The van der Waals surface area contributed by atoms with Gasteiger partial charge in [-0.1, -0.05) is 0 Å². The number of carboxylic acid groups (broad SMARTS) is 2. The summed E-state index contributed by atoms with van der Waals surface area (Å²) in [5, 5.41) is 16.8. The van der Waals surface area contributed by atoms with Crippen molar-refractivity contribution in [3.05, 3.63) is 0 Å². The third-order valence-electron chi connectivity index (χ3n) is 1.66. The highest BCUT2D eigenvalue weighted by molar-refractivity contribution is 5.73. The Labute approximate surface area is 75.5 Å². The molecule has 0 fully saturated rings. The van der Waals surface area contributed by atoms with Crippen molar-refractivity contribution in [3.8, 4) is 0 Å². The summed E-state index contributed by atoms with van der Waals surface area (Å²) in [6.45, 7) is 0. The Bertz CT molecular complexity index is 175. The Morgan fingerprint density at radius 2 is 1.31 bits per heavy atom. The van der Waals surface area contributed by atoms with Gasteiger partial charge in [-0.05, 0) is 19.3 Å². The highest BCUT2D eigenvalue weighted by atomic mass is 16.4. The minimum atomic E-state index is -1.08. The zero-order valence-corrected chi connectivity index (χ0v) is 7.14. The highest BCUT2D eigenvalue weighted by Gasteiger charge is 2.14. The first-order chi connectivity index (χ1) is 5.95. The van der Waals surface area contributed by atoms with E-state index < -0.39 is 24.0 Å². The van der Waals surface area contributed by atoms with E-state index >= 15 is 0 Å². The van der Waals surface area contributed by atoms with E-state index in [1.54, 1.807) is 0 Å². The van der Waals surface area contributed by atoms with Crippen molar-refractivity contribution in [2.75, 3.05) is 0 Å². The van der Waals surface area contributed by atoms with Gasteiger partial charge in [0.2, 0.25) is 0 Å². The van der Waals surface area contributed by atoms with Gasteiger partial charge in [0, 0.05) is 0 Å². The van der Waals surface area contributed by atoms with Crippen molar-refractivity contribution >= 4 is 11.9 Å². The molecule has 0 bridgehead atoms. The Kier molecular flexibility index (Phi) is 5.01. The van der Waals surface area contributed by atoms with Gasteiger partial charge < -0.3 is 21.7 Å². The second-order valence-electron chi connectivity index (χ2n) is 2.82.